The molecule has 0 fully saturated rings. The van der Waals surface area contributed by atoms with Crippen LogP contribution < -0.4 is 5.32 Å². The molecule has 2 aromatic heterocycles. The van der Waals surface area contributed by atoms with E-state index in [-0.39, 0.29) is 0 Å². The molecule has 0 amide bonds. The predicted molar refractivity (Wildman–Crippen MR) is 63.4 cm³/mol. The number of aromatic nitrogens is 2. The minimum Gasteiger partial charge on any atom is -0.376 e. The molecule has 0 saturated heterocycles. The molecule has 2 rings (SSSR count). The number of rotatable bonds is 3. The second-order valence-corrected chi connectivity index (χ2v) is 4.47. The van der Waals surface area contributed by atoms with Gasteiger partial charge in [0.1, 0.15) is 5.01 Å². The molecule has 0 aliphatic rings. The topological polar surface area (TPSA) is 37.8 Å². The van der Waals surface area contributed by atoms with Gasteiger partial charge in [0.25, 0.3) is 0 Å². The zero-order valence-electron chi connectivity index (χ0n) is 8.20. The Hall–Kier alpha value is -1.13. The van der Waals surface area contributed by atoms with Crippen LogP contribution in [0.5, 0.6) is 0 Å². The fourth-order valence-electron chi connectivity index (χ4n) is 1.19. The Bertz CT molecular complexity index is 442. The maximum Gasteiger partial charge on any atom is 0.152 e. The van der Waals surface area contributed by atoms with E-state index < -0.39 is 0 Å². The van der Waals surface area contributed by atoms with E-state index in [1.54, 1.807) is 23.7 Å². The zero-order valence-corrected chi connectivity index (χ0v) is 9.77. The van der Waals surface area contributed by atoms with Crippen LogP contribution in [0.15, 0.2) is 23.8 Å². The van der Waals surface area contributed by atoms with E-state index in [4.69, 9.17) is 11.6 Å². The van der Waals surface area contributed by atoms with Crippen LogP contribution in [0.25, 0.3) is 0 Å². The molecule has 0 bridgehead atoms. The first-order valence-electron chi connectivity index (χ1n) is 4.50. The van der Waals surface area contributed by atoms with Gasteiger partial charge in [0.15, 0.2) is 5.15 Å². The fraction of sp³-hybridized carbons (Fsp3) is 0.200. The van der Waals surface area contributed by atoms with E-state index in [0.717, 1.165) is 16.3 Å². The number of anilines is 1. The lowest BCUT2D eigenvalue weighted by Gasteiger charge is -2.06. The van der Waals surface area contributed by atoms with E-state index in [1.165, 1.54) is 0 Å². The molecule has 3 nitrogen and oxygen atoms in total. The van der Waals surface area contributed by atoms with Crippen LogP contribution in [-0.2, 0) is 6.54 Å². The molecule has 78 valence electrons. The predicted octanol–water partition coefficient (Wildman–Crippen LogP) is 3.11. The van der Waals surface area contributed by atoms with Crippen molar-refractivity contribution < 1.29 is 0 Å². The first kappa shape index (κ1) is 10.4. The van der Waals surface area contributed by atoms with E-state index in [1.807, 2.05) is 18.4 Å². The molecule has 15 heavy (non-hydrogen) atoms. The van der Waals surface area contributed by atoms with E-state index in [2.05, 4.69) is 15.3 Å². The summed E-state index contributed by atoms with van der Waals surface area (Å²) in [7, 11) is 0. The lowest BCUT2D eigenvalue weighted by Crippen LogP contribution is -2.00. The van der Waals surface area contributed by atoms with Crippen LogP contribution in [0, 0.1) is 6.92 Å². The summed E-state index contributed by atoms with van der Waals surface area (Å²) in [4.78, 5) is 8.24. The molecular weight excluding hydrogens is 230 g/mol. The van der Waals surface area contributed by atoms with Gasteiger partial charge in [-0.25, -0.2) is 9.97 Å². The third-order valence-electron chi connectivity index (χ3n) is 1.89. The Morgan fingerprint density at radius 2 is 2.33 bits per heavy atom. The first-order chi connectivity index (χ1) is 7.25. The molecule has 0 aromatic carbocycles. The fourth-order valence-corrected chi connectivity index (χ4v) is 1.91. The van der Waals surface area contributed by atoms with E-state index in [0.29, 0.717) is 11.7 Å². The van der Waals surface area contributed by atoms with Gasteiger partial charge in [-0.1, -0.05) is 11.6 Å². The van der Waals surface area contributed by atoms with Gasteiger partial charge in [-0.05, 0) is 18.6 Å². The van der Waals surface area contributed by atoms with Crippen LogP contribution in [0.2, 0.25) is 5.15 Å². The Labute approximate surface area is 97.2 Å². The van der Waals surface area contributed by atoms with Gasteiger partial charge >= 0.3 is 0 Å². The zero-order chi connectivity index (χ0) is 10.7. The molecule has 0 saturated carbocycles. The Morgan fingerprint density at radius 3 is 3.07 bits per heavy atom. The third-order valence-corrected chi connectivity index (χ3v) is 2.97. The lowest BCUT2D eigenvalue weighted by molar-refractivity contribution is 1.09. The van der Waals surface area contributed by atoms with Crippen LogP contribution in [0.3, 0.4) is 0 Å². The molecule has 5 heteroatoms. The minimum atomic E-state index is 0.497. The summed E-state index contributed by atoms with van der Waals surface area (Å²) in [6.07, 6.45) is 3.54. The number of hydrogen-bond donors (Lipinski definition) is 1. The van der Waals surface area contributed by atoms with Gasteiger partial charge in [-0.2, -0.15) is 0 Å². The maximum absolute atomic E-state index is 5.95. The number of nitrogens with zero attached hydrogens (tertiary/aromatic N) is 2. The largest absolute Gasteiger partial charge is 0.376 e. The quantitative estimate of drug-likeness (QED) is 0.837. The van der Waals surface area contributed by atoms with Crippen molar-refractivity contribution in [2.75, 3.05) is 5.32 Å². The van der Waals surface area contributed by atoms with Crippen molar-refractivity contribution in [3.8, 4) is 0 Å². The Balaban J connectivity index is 2.07. The third kappa shape index (κ3) is 2.67. The monoisotopic (exact) mass is 239 g/mol. The SMILES string of the molecule is Cc1cnc(Cl)c(NCc2nccs2)c1. The highest BCUT2D eigenvalue weighted by Gasteiger charge is 2.02. The number of thiazole rings is 1. The summed E-state index contributed by atoms with van der Waals surface area (Å²) in [6, 6.07) is 1.98. The van der Waals surface area contributed by atoms with Gasteiger partial charge in [0.05, 0.1) is 12.2 Å². The van der Waals surface area contributed by atoms with Crippen LogP contribution in [0.1, 0.15) is 10.6 Å². The summed E-state index contributed by atoms with van der Waals surface area (Å²) < 4.78 is 0. The summed E-state index contributed by atoms with van der Waals surface area (Å²) in [5.41, 5.74) is 1.94. The lowest BCUT2D eigenvalue weighted by atomic mass is 10.3. The second kappa shape index (κ2) is 4.59. The van der Waals surface area contributed by atoms with Gasteiger partial charge in [-0.15, -0.1) is 11.3 Å². The second-order valence-electron chi connectivity index (χ2n) is 3.13. The van der Waals surface area contributed by atoms with Gasteiger partial charge in [-0.3, -0.25) is 0 Å². The minimum absolute atomic E-state index is 0.497. The summed E-state index contributed by atoms with van der Waals surface area (Å²) >= 11 is 7.56. The van der Waals surface area contributed by atoms with Crippen molar-refractivity contribution in [3.05, 3.63) is 39.6 Å². The van der Waals surface area contributed by atoms with Crippen molar-refractivity contribution in [1.82, 2.24) is 9.97 Å². The molecule has 2 aromatic rings. The highest BCUT2D eigenvalue weighted by molar-refractivity contribution is 7.09. The van der Waals surface area contributed by atoms with Crippen LogP contribution in [0.4, 0.5) is 5.69 Å². The van der Waals surface area contributed by atoms with Gasteiger partial charge < -0.3 is 5.32 Å². The molecular formula is C10H10ClN3S. The van der Waals surface area contributed by atoms with Crippen molar-refractivity contribution in [2.45, 2.75) is 13.5 Å². The molecule has 0 atom stereocenters. The van der Waals surface area contributed by atoms with Gasteiger partial charge in [0.2, 0.25) is 0 Å². The molecule has 0 aliphatic heterocycles. The molecule has 2 heterocycles. The highest BCUT2D eigenvalue weighted by atomic mass is 35.5. The molecule has 1 N–H and O–H groups in total. The number of aryl methyl sites for hydroxylation is 1. The number of halogens is 1. The van der Waals surface area contributed by atoms with Crippen molar-refractivity contribution in [1.29, 1.82) is 0 Å². The normalized spacial score (nSPS) is 10.3. The molecule has 0 unspecified atom stereocenters. The van der Waals surface area contributed by atoms with Crippen LogP contribution >= 0.6 is 22.9 Å². The Morgan fingerprint density at radius 1 is 1.47 bits per heavy atom. The first-order valence-corrected chi connectivity index (χ1v) is 5.76. The van der Waals surface area contributed by atoms with Crippen molar-refractivity contribution >= 4 is 28.6 Å². The van der Waals surface area contributed by atoms with E-state index in [9.17, 15) is 0 Å². The average molecular weight is 240 g/mol. The molecule has 0 radical (unpaired) electrons. The van der Waals surface area contributed by atoms with Gasteiger partial charge in [0, 0.05) is 17.8 Å². The summed E-state index contributed by atoms with van der Waals surface area (Å²) in [5.74, 6) is 0. The van der Waals surface area contributed by atoms with Crippen molar-refractivity contribution in [2.24, 2.45) is 0 Å². The van der Waals surface area contributed by atoms with Crippen molar-refractivity contribution in [3.63, 3.8) is 0 Å². The smallest absolute Gasteiger partial charge is 0.152 e. The molecule has 0 spiro atoms. The molecule has 0 aliphatic carbocycles. The number of hydrogen-bond acceptors (Lipinski definition) is 4. The Kier molecular flexibility index (Phi) is 3.18. The standard InChI is InChI=1S/C10H10ClN3S/c1-7-4-8(10(11)14-5-7)13-6-9-12-2-3-15-9/h2-5,13H,6H2,1H3. The van der Waals surface area contributed by atoms with Crippen LogP contribution in [-0.4, -0.2) is 9.97 Å². The maximum atomic E-state index is 5.95. The number of nitrogens with one attached hydrogen (secondary N) is 1. The summed E-state index contributed by atoms with van der Waals surface area (Å²) in [6.45, 7) is 2.67. The average Bonchev–Trinajstić information content (AvgIpc) is 2.72. The number of pyridine rings is 1. The highest BCUT2D eigenvalue weighted by Crippen LogP contribution is 2.20. The van der Waals surface area contributed by atoms with E-state index >= 15 is 0 Å². The summed E-state index contributed by atoms with van der Waals surface area (Å²) in [5, 5.41) is 6.69.